The first-order chi connectivity index (χ1) is 7.85. The summed E-state index contributed by atoms with van der Waals surface area (Å²) >= 11 is 0. The number of alkyl halides is 3. The third-order valence-electron chi connectivity index (χ3n) is 2.50. The van der Waals surface area contributed by atoms with Crippen LogP contribution in [0.3, 0.4) is 0 Å². The predicted octanol–water partition coefficient (Wildman–Crippen LogP) is 1.93. The maximum atomic E-state index is 12.2. The van der Waals surface area contributed by atoms with Crippen molar-refractivity contribution < 1.29 is 13.2 Å². The van der Waals surface area contributed by atoms with Gasteiger partial charge in [-0.1, -0.05) is 0 Å². The van der Waals surface area contributed by atoms with Crippen molar-refractivity contribution in [2.45, 2.75) is 24.9 Å². The second kappa shape index (κ2) is 4.05. The minimum atomic E-state index is -4.26. The molecule has 0 unspecified atom stereocenters. The van der Waals surface area contributed by atoms with Crippen molar-refractivity contribution in [2.24, 2.45) is 0 Å². The predicted molar refractivity (Wildman–Crippen MR) is 57.7 cm³/mol. The molecule has 17 heavy (non-hydrogen) atoms. The molecule has 1 heterocycles. The highest BCUT2D eigenvalue weighted by atomic mass is 19.4. The number of nitrogens with zero attached hydrogens (tertiary/aromatic N) is 3. The van der Waals surface area contributed by atoms with Crippen molar-refractivity contribution in [3.8, 4) is 0 Å². The molecule has 1 fully saturated rings. The lowest BCUT2D eigenvalue weighted by Crippen LogP contribution is -2.31. The van der Waals surface area contributed by atoms with Crippen LogP contribution in [0.4, 0.5) is 24.8 Å². The van der Waals surface area contributed by atoms with Crippen LogP contribution in [0.1, 0.15) is 24.6 Å². The molecule has 0 spiro atoms. The van der Waals surface area contributed by atoms with Crippen LogP contribution in [-0.2, 0) is 0 Å². The number of hydrogen-bond donors (Lipinski definition) is 1. The Kier molecular flexibility index (Phi) is 2.84. The summed E-state index contributed by atoms with van der Waals surface area (Å²) in [7, 11) is 1.34. The average molecular weight is 246 g/mol. The molecular weight excluding hydrogens is 233 g/mol. The number of hydrogen-bond acceptors (Lipinski definition) is 4. The van der Waals surface area contributed by atoms with Crippen LogP contribution < -0.4 is 10.6 Å². The van der Waals surface area contributed by atoms with Crippen molar-refractivity contribution >= 4 is 11.6 Å². The van der Waals surface area contributed by atoms with Gasteiger partial charge in [0.2, 0.25) is 0 Å². The highest BCUT2D eigenvalue weighted by Crippen LogP contribution is 2.38. The van der Waals surface area contributed by atoms with E-state index in [4.69, 9.17) is 5.73 Å². The summed E-state index contributed by atoms with van der Waals surface area (Å²) < 4.78 is 36.7. The molecule has 0 bridgehead atoms. The zero-order chi connectivity index (χ0) is 12.6. The van der Waals surface area contributed by atoms with Crippen LogP contribution in [0.2, 0.25) is 0 Å². The van der Waals surface area contributed by atoms with Gasteiger partial charge in [0.25, 0.3) is 0 Å². The fourth-order valence-corrected chi connectivity index (χ4v) is 1.54. The van der Waals surface area contributed by atoms with Crippen LogP contribution in [0.15, 0.2) is 6.07 Å². The molecule has 2 rings (SSSR count). The lowest BCUT2D eigenvalue weighted by Gasteiger charge is -2.20. The molecule has 4 nitrogen and oxygen atoms in total. The Morgan fingerprint density at radius 1 is 1.41 bits per heavy atom. The summed E-state index contributed by atoms with van der Waals surface area (Å²) in [6.45, 7) is -1.05. The van der Waals surface area contributed by atoms with Gasteiger partial charge >= 0.3 is 6.18 Å². The van der Waals surface area contributed by atoms with Crippen molar-refractivity contribution in [1.82, 2.24) is 9.97 Å². The summed E-state index contributed by atoms with van der Waals surface area (Å²) in [5, 5.41) is 0. The third kappa shape index (κ3) is 3.21. The van der Waals surface area contributed by atoms with Crippen LogP contribution in [0.5, 0.6) is 0 Å². The molecule has 94 valence electrons. The minimum Gasteiger partial charge on any atom is -0.384 e. The van der Waals surface area contributed by atoms with Crippen LogP contribution in [0.25, 0.3) is 0 Å². The molecule has 0 atom stereocenters. The fraction of sp³-hybridized carbons (Fsp3) is 0.600. The van der Waals surface area contributed by atoms with Crippen molar-refractivity contribution in [3.05, 3.63) is 11.9 Å². The zero-order valence-electron chi connectivity index (χ0n) is 9.33. The smallest absolute Gasteiger partial charge is 0.384 e. The molecule has 7 heteroatoms. The first-order valence-electron chi connectivity index (χ1n) is 5.27. The van der Waals surface area contributed by atoms with Gasteiger partial charge in [0.15, 0.2) is 0 Å². The van der Waals surface area contributed by atoms with E-state index in [9.17, 15) is 13.2 Å². The van der Waals surface area contributed by atoms with Crippen molar-refractivity contribution in [3.63, 3.8) is 0 Å². The van der Waals surface area contributed by atoms with Gasteiger partial charge in [-0.15, -0.1) is 0 Å². The molecule has 2 N–H and O–H groups in total. The van der Waals surface area contributed by atoms with E-state index < -0.39 is 12.7 Å². The molecule has 1 saturated carbocycles. The number of nitrogen functional groups attached to an aromatic ring is 1. The summed E-state index contributed by atoms with van der Waals surface area (Å²) in [6, 6.07) is 1.36. The van der Waals surface area contributed by atoms with Crippen molar-refractivity contribution in [1.29, 1.82) is 0 Å². The van der Waals surface area contributed by atoms with Gasteiger partial charge < -0.3 is 10.6 Å². The molecule has 0 saturated heterocycles. The van der Waals surface area contributed by atoms with E-state index in [0.29, 0.717) is 5.82 Å². The second-order valence-electron chi connectivity index (χ2n) is 4.25. The quantitative estimate of drug-likeness (QED) is 0.885. The van der Waals surface area contributed by atoms with Gasteiger partial charge in [-0.2, -0.15) is 13.2 Å². The number of nitrogens with two attached hydrogens (primary N) is 1. The molecule has 0 amide bonds. The van der Waals surface area contributed by atoms with Gasteiger partial charge in [0.1, 0.15) is 24.0 Å². The number of rotatable bonds is 3. The molecular formula is C10H13F3N4. The Balaban J connectivity index is 2.19. The van der Waals surface area contributed by atoms with Gasteiger partial charge in [0.05, 0.1) is 0 Å². The highest BCUT2D eigenvalue weighted by Gasteiger charge is 2.31. The zero-order valence-corrected chi connectivity index (χ0v) is 9.33. The molecule has 1 aromatic rings. The Morgan fingerprint density at radius 3 is 2.59 bits per heavy atom. The Morgan fingerprint density at radius 2 is 2.06 bits per heavy atom. The first kappa shape index (κ1) is 11.9. The topological polar surface area (TPSA) is 55.0 Å². The van der Waals surface area contributed by atoms with E-state index in [2.05, 4.69) is 9.97 Å². The molecule has 0 aliphatic heterocycles. The van der Waals surface area contributed by atoms with E-state index in [1.165, 1.54) is 13.1 Å². The lowest BCUT2D eigenvalue weighted by molar-refractivity contribution is -0.119. The molecule has 1 aliphatic carbocycles. The highest BCUT2D eigenvalue weighted by molar-refractivity contribution is 5.47. The average Bonchev–Trinajstić information content (AvgIpc) is 2.96. The summed E-state index contributed by atoms with van der Waals surface area (Å²) in [5.74, 6) is 1.24. The standard InChI is InChI=1S/C10H13F3N4/c1-17(5-10(11,12)13)8-4-7(14)15-9(16-8)6-2-3-6/h4,6H,2-3,5H2,1H3,(H2,14,15,16). The van der Waals surface area contributed by atoms with E-state index in [-0.39, 0.29) is 17.6 Å². The Labute approximate surface area is 96.7 Å². The lowest BCUT2D eigenvalue weighted by atomic mass is 10.3. The van der Waals surface area contributed by atoms with Gasteiger partial charge in [0, 0.05) is 19.0 Å². The maximum absolute atomic E-state index is 12.2. The second-order valence-corrected chi connectivity index (χ2v) is 4.25. The molecule has 1 aliphatic rings. The maximum Gasteiger partial charge on any atom is 0.405 e. The molecule has 0 radical (unpaired) electrons. The summed E-state index contributed by atoms with van der Waals surface area (Å²) in [4.78, 5) is 9.18. The summed E-state index contributed by atoms with van der Waals surface area (Å²) in [5.41, 5.74) is 5.57. The van der Waals surface area contributed by atoms with E-state index in [1.807, 2.05) is 0 Å². The molecule has 0 aromatic carbocycles. The molecule has 1 aromatic heterocycles. The monoisotopic (exact) mass is 246 g/mol. The first-order valence-corrected chi connectivity index (χ1v) is 5.27. The number of anilines is 2. The summed E-state index contributed by atoms with van der Waals surface area (Å²) in [6.07, 6.45) is -2.30. The SMILES string of the molecule is CN(CC(F)(F)F)c1cc(N)nc(C2CC2)n1. The normalized spacial score (nSPS) is 16.0. The number of aromatic nitrogens is 2. The Hall–Kier alpha value is -1.53. The van der Waals surface area contributed by atoms with Crippen LogP contribution >= 0.6 is 0 Å². The van der Waals surface area contributed by atoms with Crippen LogP contribution in [-0.4, -0.2) is 29.7 Å². The number of halogens is 3. The largest absolute Gasteiger partial charge is 0.405 e. The van der Waals surface area contributed by atoms with E-state index in [0.717, 1.165) is 17.7 Å². The van der Waals surface area contributed by atoms with Crippen LogP contribution in [0, 0.1) is 0 Å². The van der Waals surface area contributed by atoms with Gasteiger partial charge in [-0.05, 0) is 12.8 Å². The fourth-order valence-electron chi connectivity index (χ4n) is 1.54. The van der Waals surface area contributed by atoms with Gasteiger partial charge in [-0.25, -0.2) is 9.97 Å². The van der Waals surface area contributed by atoms with E-state index in [1.54, 1.807) is 0 Å². The van der Waals surface area contributed by atoms with E-state index >= 15 is 0 Å². The van der Waals surface area contributed by atoms with Gasteiger partial charge in [-0.3, -0.25) is 0 Å². The van der Waals surface area contributed by atoms with Crippen molar-refractivity contribution in [2.75, 3.05) is 24.2 Å². The third-order valence-corrected chi connectivity index (χ3v) is 2.50. The Bertz CT molecular complexity index is 415. The minimum absolute atomic E-state index is 0.214.